The lowest BCUT2D eigenvalue weighted by Gasteiger charge is -2.18. The number of rotatable bonds is 1. The van der Waals surface area contributed by atoms with Gasteiger partial charge < -0.3 is 4.42 Å². The maximum atomic E-state index is 11.4. The first-order valence-electron chi connectivity index (χ1n) is 3.94. The fourth-order valence-corrected chi connectivity index (χ4v) is 1.46. The molecule has 1 aromatic heterocycles. The molecular formula is C8H10N2O2. The molecule has 1 amide bonds. The highest BCUT2D eigenvalue weighted by Gasteiger charge is 2.32. The molecule has 1 aliphatic heterocycles. The van der Waals surface area contributed by atoms with Crippen LogP contribution >= 0.6 is 0 Å². The van der Waals surface area contributed by atoms with Crippen LogP contribution in [0.15, 0.2) is 10.8 Å². The first-order chi connectivity index (χ1) is 5.70. The minimum absolute atomic E-state index is 0.0758. The molecule has 0 aliphatic carbocycles. The van der Waals surface area contributed by atoms with E-state index < -0.39 is 0 Å². The maximum Gasteiger partial charge on any atom is 0.236 e. The molecule has 0 radical (unpaired) electrons. The van der Waals surface area contributed by atoms with E-state index >= 15 is 0 Å². The molecule has 0 bridgehead atoms. The normalized spacial score (nSPS) is 15.9. The van der Waals surface area contributed by atoms with Gasteiger partial charge in [-0.2, -0.15) is 4.98 Å². The van der Waals surface area contributed by atoms with Gasteiger partial charge in [0.05, 0.1) is 6.42 Å². The molecule has 2 heterocycles. The van der Waals surface area contributed by atoms with Crippen molar-refractivity contribution in [3.05, 3.63) is 12.2 Å². The van der Waals surface area contributed by atoms with Crippen molar-refractivity contribution in [1.29, 1.82) is 0 Å². The molecule has 1 aromatic rings. The van der Waals surface area contributed by atoms with Crippen LogP contribution in [0, 0.1) is 0 Å². The van der Waals surface area contributed by atoms with Crippen LogP contribution in [-0.4, -0.2) is 16.9 Å². The summed E-state index contributed by atoms with van der Waals surface area (Å²) in [4.78, 5) is 17.0. The van der Waals surface area contributed by atoms with Crippen LogP contribution in [0.25, 0.3) is 0 Å². The number of fused-ring (bicyclic) bond motifs is 1. The second kappa shape index (κ2) is 2.33. The Bertz CT molecular complexity index is 317. The minimum atomic E-state index is 0.0758. The van der Waals surface area contributed by atoms with E-state index in [0.29, 0.717) is 18.0 Å². The molecule has 0 unspecified atom stereocenters. The summed E-state index contributed by atoms with van der Waals surface area (Å²) in [5, 5.41) is 0. The van der Waals surface area contributed by atoms with Crippen molar-refractivity contribution >= 4 is 11.7 Å². The Hall–Kier alpha value is -1.32. The van der Waals surface area contributed by atoms with Crippen molar-refractivity contribution in [2.24, 2.45) is 0 Å². The van der Waals surface area contributed by atoms with E-state index in [9.17, 15) is 4.79 Å². The Morgan fingerprint density at radius 3 is 3.08 bits per heavy atom. The molecule has 0 spiro atoms. The highest BCUT2D eigenvalue weighted by atomic mass is 16.3. The van der Waals surface area contributed by atoms with Crippen molar-refractivity contribution in [1.82, 2.24) is 4.98 Å². The van der Waals surface area contributed by atoms with Crippen molar-refractivity contribution in [2.75, 3.05) is 4.90 Å². The van der Waals surface area contributed by atoms with E-state index in [0.717, 1.165) is 0 Å². The van der Waals surface area contributed by atoms with Crippen LogP contribution in [0.2, 0.25) is 0 Å². The quantitative estimate of drug-likeness (QED) is 0.624. The molecule has 0 N–H and O–H groups in total. The molecule has 0 fully saturated rings. The van der Waals surface area contributed by atoms with Gasteiger partial charge in [-0.25, -0.2) is 0 Å². The largest absolute Gasteiger partial charge is 0.446 e. The monoisotopic (exact) mass is 166 g/mol. The third-order valence-corrected chi connectivity index (χ3v) is 1.94. The third-order valence-electron chi connectivity index (χ3n) is 1.94. The van der Waals surface area contributed by atoms with Crippen LogP contribution in [-0.2, 0) is 11.2 Å². The molecule has 0 saturated carbocycles. The van der Waals surface area contributed by atoms with Crippen LogP contribution in [0.5, 0.6) is 0 Å². The number of aromatic nitrogens is 1. The van der Waals surface area contributed by atoms with Crippen LogP contribution in [0.4, 0.5) is 5.82 Å². The van der Waals surface area contributed by atoms with Gasteiger partial charge in [-0.05, 0) is 13.8 Å². The van der Waals surface area contributed by atoms with Crippen molar-refractivity contribution in [3.63, 3.8) is 0 Å². The van der Waals surface area contributed by atoms with Gasteiger partial charge >= 0.3 is 0 Å². The summed E-state index contributed by atoms with van der Waals surface area (Å²) in [5.74, 6) is 1.45. The fraction of sp³-hybridized carbons (Fsp3) is 0.500. The molecule has 4 nitrogen and oxygen atoms in total. The van der Waals surface area contributed by atoms with Crippen LogP contribution in [0.3, 0.4) is 0 Å². The van der Waals surface area contributed by atoms with Gasteiger partial charge in [0.25, 0.3) is 0 Å². The highest BCUT2D eigenvalue weighted by Crippen LogP contribution is 2.28. The van der Waals surface area contributed by atoms with Crippen LogP contribution < -0.4 is 4.90 Å². The van der Waals surface area contributed by atoms with E-state index in [2.05, 4.69) is 4.98 Å². The molecule has 0 aromatic carbocycles. The maximum absolute atomic E-state index is 11.4. The fourth-order valence-electron chi connectivity index (χ4n) is 1.46. The Morgan fingerprint density at radius 1 is 1.67 bits per heavy atom. The van der Waals surface area contributed by atoms with E-state index in [4.69, 9.17) is 4.42 Å². The Balaban J connectivity index is 2.42. The zero-order chi connectivity index (χ0) is 8.72. The number of hydrogen-bond acceptors (Lipinski definition) is 3. The number of amides is 1. The standard InChI is InChI=1S/C8H10N2O2/c1-5(2)10-7(11)3-6-8(10)9-4-12-6/h4-5H,3H2,1-2H3. The van der Waals surface area contributed by atoms with Crippen LogP contribution in [0.1, 0.15) is 19.6 Å². The molecule has 4 heteroatoms. The summed E-state index contributed by atoms with van der Waals surface area (Å²) in [5.41, 5.74) is 0. The van der Waals surface area contributed by atoms with Gasteiger partial charge in [0.2, 0.25) is 5.91 Å². The molecular weight excluding hydrogens is 156 g/mol. The molecule has 12 heavy (non-hydrogen) atoms. The van der Waals surface area contributed by atoms with Gasteiger partial charge in [-0.3, -0.25) is 9.69 Å². The average molecular weight is 166 g/mol. The number of anilines is 1. The van der Waals surface area contributed by atoms with Gasteiger partial charge in [0.15, 0.2) is 18.0 Å². The van der Waals surface area contributed by atoms with Crippen molar-refractivity contribution in [3.8, 4) is 0 Å². The average Bonchev–Trinajstić information content (AvgIpc) is 2.44. The van der Waals surface area contributed by atoms with E-state index in [1.54, 1.807) is 4.90 Å². The summed E-state index contributed by atoms with van der Waals surface area (Å²) in [6.07, 6.45) is 1.74. The summed E-state index contributed by atoms with van der Waals surface area (Å²) >= 11 is 0. The van der Waals surface area contributed by atoms with E-state index in [1.807, 2.05) is 13.8 Å². The van der Waals surface area contributed by atoms with Gasteiger partial charge in [0, 0.05) is 6.04 Å². The predicted molar refractivity (Wildman–Crippen MR) is 42.8 cm³/mol. The Kier molecular flexibility index (Phi) is 1.43. The molecule has 2 rings (SSSR count). The lowest BCUT2D eigenvalue weighted by Crippen LogP contribution is -2.33. The Labute approximate surface area is 70.2 Å². The SMILES string of the molecule is CC(C)N1C(=O)Cc2ocnc21. The number of nitrogens with zero attached hydrogens (tertiary/aromatic N) is 2. The van der Waals surface area contributed by atoms with Gasteiger partial charge in [-0.1, -0.05) is 0 Å². The first kappa shape index (κ1) is 7.34. The summed E-state index contributed by atoms with van der Waals surface area (Å²) in [6.45, 7) is 3.92. The summed E-state index contributed by atoms with van der Waals surface area (Å²) in [7, 11) is 0. The van der Waals surface area contributed by atoms with Crippen molar-refractivity contribution in [2.45, 2.75) is 26.3 Å². The summed E-state index contributed by atoms with van der Waals surface area (Å²) < 4.78 is 5.05. The van der Waals surface area contributed by atoms with Gasteiger partial charge in [0.1, 0.15) is 0 Å². The molecule has 0 atom stereocenters. The zero-order valence-electron chi connectivity index (χ0n) is 7.07. The van der Waals surface area contributed by atoms with E-state index in [-0.39, 0.29) is 11.9 Å². The Morgan fingerprint density at radius 2 is 2.42 bits per heavy atom. The minimum Gasteiger partial charge on any atom is -0.446 e. The third kappa shape index (κ3) is 0.841. The number of carbonyl (C=O) groups excluding carboxylic acids is 1. The second-order valence-corrected chi connectivity index (χ2v) is 3.13. The lowest BCUT2D eigenvalue weighted by atomic mass is 10.3. The zero-order valence-corrected chi connectivity index (χ0v) is 7.07. The van der Waals surface area contributed by atoms with E-state index in [1.165, 1.54) is 6.39 Å². The van der Waals surface area contributed by atoms with Gasteiger partial charge in [-0.15, -0.1) is 0 Å². The molecule has 0 saturated heterocycles. The topological polar surface area (TPSA) is 46.3 Å². The van der Waals surface area contributed by atoms with Crippen molar-refractivity contribution < 1.29 is 9.21 Å². The second-order valence-electron chi connectivity index (χ2n) is 3.13. The first-order valence-corrected chi connectivity index (χ1v) is 3.94. The predicted octanol–water partition coefficient (Wildman–Crippen LogP) is 0.972. The number of hydrogen-bond donors (Lipinski definition) is 0. The highest BCUT2D eigenvalue weighted by molar-refractivity contribution is 5.99. The smallest absolute Gasteiger partial charge is 0.236 e. The number of carbonyl (C=O) groups is 1. The molecule has 1 aliphatic rings. The summed E-state index contributed by atoms with van der Waals surface area (Å²) in [6, 6.07) is 0.156. The lowest BCUT2D eigenvalue weighted by molar-refractivity contribution is -0.117. The number of oxazole rings is 1. The molecule has 64 valence electrons.